The van der Waals surface area contributed by atoms with E-state index in [0.717, 1.165) is 16.2 Å². The molecular formula is C20H19N3O7. The van der Waals surface area contributed by atoms with E-state index in [9.17, 15) is 24.0 Å². The van der Waals surface area contributed by atoms with Crippen LogP contribution in [0.15, 0.2) is 55.2 Å². The van der Waals surface area contributed by atoms with Crippen molar-refractivity contribution in [3.8, 4) is 0 Å². The van der Waals surface area contributed by atoms with Crippen molar-refractivity contribution >= 4 is 23.0 Å². The predicted octanol–water partition coefficient (Wildman–Crippen LogP) is -0.295. The number of carbonyl (C=O) groups is 2. The molecule has 156 valence electrons. The normalized spacial score (nSPS) is 11.8. The summed E-state index contributed by atoms with van der Waals surface area (Å²) in [5.74, 6) is -1.30. The van der Waals surface area contributed by atoms with Crippen LogP contribution in [0.25, 0.3) is 11.1 Å². The number of esters is 1. The standard InChI is InChI=1S/C20H19N3O7/c1-22-16(25)13-9-12(18(26)30-17(13)23(2)20(22)28)10-14(19(27)29-3)21-15(24)11-7-5-4-6-8-11/h4-9,14H,10H2,1-3H3,(H,21,24)/t14-/m0/s1. The Morgan fingerprint density at radius 3 is 2.40 bits per heavy atom. The molecule has 10 heteroatoms. The van der Waals surface area contributed by atoms with E-state index < -0.39 is 34.8 Å². The molecule has 2 heterocycles. The maximum atomic E-state index is 12.4. The van der Waals surface area contributed by atoms with Gasteiger partial charge in [-0.15, -0.1) is 0 Å². The Morgan fingerprint density at radius 1 is 1.10 bits per heavy atom. The number of fused-ring (bicyclic) bond motifs is 1. The molecule has 0 spiro atoms. The summed E-state index contributed by atoms with van der Waals surface area (Å²) < 4.78 is 11.8. The fraction of sp³-hybridized carbons (Fsp3) is 0.250. The average molecular weight is 413 g/mol. The van der Waals surface area contributed by atoms with Crippen molar-refractivity contribution in [2.75, 3.05) is 7.11 Å². The molecule has 30 heavy (non-hydrogen) atoms. The van der Waals surface area contributed by atoms with Crippen molar-refractivity contribution in [1.29, 1.82) is 0 Å². The zero-order valence-electron chi connectivity index (χ0n) is 16.5. The molecular weight excluding hydrogens is 394 g/mol. The van der Waals surface area contributed by atoms with Gasteiger partial charge in [-0.25, -0.2) is 14.4 Å². The third kappa shape index (κ3) is 3.79. The first kappa shape index (κ1) is 20.8. The lowest BCUT2D eigenvalue weighted by Crippen LogP contribution is -2.44. The Morgan fingerprint density at radius 2 is 1.77 bits per heavy atom. The van der Waals surface area contributed by atoms with Gasteiger partial charge in [0, 0.05) is 31.6 Å². The number of hydrogen-bond donors (Lipinski definition) is 1. The molecule has 2 aromatic heterocycles. The molecule has 0 unspecified atom stereocenters. The molecule has 1 aromatic carbocycles. The number of ether oxygens (including phenoxy) is 1. The first-order chi connectivity index (χ1) is 14.2. The number of amides is 1. The molecule has 1 N–H and O–H groups in total. The summed E-state index contributed by atoms with van der Waals surface area (Å²) in [5, 5.41) is 2.51. The van der Waals surface area contributed by atoms with Crippen LogP contribution in [0.4, 0.5) is 0 Å². The van der Waals surface area contributed by atoms with Crippen LogP contribution < -0.4 is 22.2 Å². The van der Waals surface area contributed by atoms with E-state index in [1.165, 1.54) is 20.2 Å². The summed E-state index contributed by atoms with van der Waals surface area (Å²) in [5.41, 5.74) is -2.02. The molecule has 3 rings (SSSR count). The topological polar surface area (TPSA) is 130 Å². The highest BCUT2D eigenvalue weighted by Gasteiger charge is 2.25. The van der Waals surface area contributed by atoms with E-state index in [1.807, 2.05) is 0 Å². The Bertz CT molecular complexity index is 1300. The first-order valence-corrected chi connectivity index (χ1v) is 8.91. The molecule has 0 aliphatic rings. The molecule has 10 nitrogen and oxygen atoms in total. The van der Waals surface area contributed by atoms with Crippen LogP contribution in [0, 0.1) is 0 Å². The zero-order valence-corrected chi connectivity index (χ0v) is 16.5. The first-order valence-electron chi connectivity index (χ1n) is 8.91. The van der Waals surface area contributed by atoms with Crippen LogP contribution in [0.1, 0.15) is 15.9 Å². The summed E-state index contributed by atoms with van der Waals surface area (Å²) in [4.78, 5) is 61.5. The molecule has 0 fully saturated rings. The monoisotopic (exact) mass is 413 g/mol. The largest absolute Gasteiger partial charge is 0.467 e. The second kappa shape index (κ2) is 8.19. The van der Waals surface area contributed by atoms with E-state index >= 15 is 0 Å². The second-order valence-electron chi connectivity index (χ2n) is 6.60. The van der Waals surface area contributed by atoms with Gasteiger partial charge in [0.2, 0.25) is 5.71 Å². The third-order valence-corrected chi connectivity index (χ3v) is 4.67. The highest BCUT2D eigenvalue weighted by atomic mass is 16.5. The minimum Gasteiger partial charge on any atom is -0.467 e. The lowest BCUT2D eigenvalue weighted by molar-refractivity contribution is -0.142. The maximum absolute atomic E-state index is 12.4. The maximum Gasteiger partial charge on any atom is 0.340 e. The van der Waals surface area contributed by atoms with Crippen LogP contribution in [-0.2, 0) is 30.0 Å². The van der Waals surface area contributed by atoms with Gasteiger partial charge in [0.25, 0.3) is 11.5 Å². The smallest absolute Gasteiger partial charge is 0.340 e. The Hall–Kier alpha value is -3.95. The van der Waals surface area contributed by atoms with Gasteiger partial charge in [-0.05, 0) is 18.2 Å². The number of benzene rings is 1. The van der Waals surface area contributed by atoms with Gasteiger partial charge >= 0.3 is 17.3 Å². The zero-order chi connectivity index (χ0) is 22.0. The molecule has 0 bridgehead atoms. The van der Waals surface area contributed by atoms with Crippen LogP contribution in [-0.4, -0.2) is 34.2 Å². The summed E-state index contributed by atoms with van der Waals surface area (Å²) >= 11 is 0. The van der Waals surface area contributed by atoms with Gasteiger partial charge in [0.1, 0.15) is 11.4 Å². The molecule has 0 saturated carbocycles. The number of methoxy groups -OCH3 is 1. The summed E-state index contributed by atoms with van der Waals surface area (Å²) in [6.45, 7) is 0. The van der Waals surface area contributed by atoms with E-state index in [-0.39, 0.29) is 23.1 Å². The lowest BCUT2D eigenvalue weighted by atomic mass is 10.1. The second-order valence-corrected chi connectivity index (χ2v) is 6.60. The van der Waals surface area contributed by atoms with Gasteiger partial charge in [-0.1, -0.05) is 18.2 Å². The number of rotatable bonds is 5. The van der Waals surface area contributed by atoms with E-state index in [2.05, 4.69) is 5.32 Å². The number of hydrogen-bond acceptors (Lipinski definition) is 7. The molecule has 1 atom stereocenters. The van der Waals surface area contributed by atoms with Gasteiger partial charge in [-0.3, -0.25) is 18.7 Å². The highest BCUT2D eigenvalue weighted by Crippen LogP contribution is 2.10. The third-order valence-electron chi connectivity index (χ3n) is 4.67. The molecule has 0 aliphatic carbocycles. The van der Waals surface area contributed by atoms with Crippen molar-refractivity contribution in [3.63, 3.8) is 0 Å². The molecule has 1 amide bonds. The molecule has 0 saturated heterocycles. The number of aryl methyl sites for hydroxylation is 1. The number of carbonyl (C=O) groups excluding carboxylic acids is 2. The quantitative estimate of drug-likeness (QED) is 0.569. The SMILES string of the molecule is COC(=O)[C@H](Cc1cc2c(=O)n(C)c(=O)n(C)c2oc1=O)NC(=O)c1ccccc1. The van der Waals surface area contributed by atoms with Gasteiger partial charge in [0.05, 0.1) is 7.11 Å². The van der Waals surface area contributed by atoms with Crippen LogP contribution in [0.3, 0.4) is 0 Å². The van der Waals surface area contributed by atoms with E-state index in [0.29, 0.717) is 5.56 Å². The highest BCUT2D eigenvalue weighted by molar-refractivity contribution is 5.96. The van der Waals surface area contributed by atoms with Crippen molar-refractivity contribution in [3.05, 3.63) is 78.8 Å². The van der Waals surface area contributed by atoms with Gasteiger partial charge in [-0.2, -0.15) is 0 Å². The van der Waals surface area contributed by atoms with Crippen molar-refractivity contribution in [2.24, 2.45) is 14.1 Å². The predicted molar refractivity (Wildman–Crippen MR) is 106 cm³/mol. The lowest BCUT2D eigenvalue weighted by Gasteiger charge is -2.16. The number of nitrogens with zero attached hydrogens (tertiary/aromatic N) is 2. The van der Waals surface area contributed by atoms with Crippen LogP contribution >= 0.6 is 0 Å². The van der Waals surface area contributed by atoms with Crippen LogP contribution in [0.2, 0.25) is 0 Å². The molecule has 0 aliphatic heterocycles. The number of aromatic nitrogens is 2. The minimum atomic E-state index is -1.19. The van der Waals surface area contributed by atoms with Crippen LogP contribution in [0.5, 0.6) is 0 Å². The summed E-state index contributed by atoms with van der Waals surface area (Å²) in [7, 11) is 3.81. The summed E-state index contributed by atoms with van der Waals surface area (Å²) in [6, 6.07) is 8.27. The minimum absolute atomic E-state index is 0.00722. The fourth-order valence-electron chi connectivity index (χ4n) is 3.01. The average Bonchev–Trinajstić information content (AvgIpc) is 2.76. The fourth-order valence-corrected chi connectivity index (χ4v) is 3.01. The van der Waals surface area contributed by atoms with Gasteiger partial charge in [0.15, 0.2) is 0 Å². The van der Waals surface area contributed by atoms with Crippen molar-refractivity contribution < 1.29 is 18.7 Å². The summed E-state index contributed by atoms with van der Waals surface area (Å²) in [6.07, 6.45) is -0.268. The Kier molecular flexibility index (Phi) is 5.67. The van der Waals surface area contributed by atoms with E-state index in [4.69, 9.17) is 9.15 Å². The van der Waals surface area contributed by atoms with Gasteiger partial charge < -0.3 is 14.5 Å². The van der Waals surface area contributed by atoms with E-state index in [1.54, 1.807) is 30.3 Å². The van der Waals surface area contributed by atoms with Crippen molar-refractivity contribution in [2.45, 2.75) is 12.5 Å². The Balaban J connectivity index is 2.02. The molecule has 0 radical (unpaired) electrons. The van der Waals surface area contributed by atoms with Crippen molar-refractivity contribution in [1.82, 2.24) is 14.5 Å². The number of nitrogens with one attached hydrogen (secondary N) is 1. The molecule has 3 aromatic rings. The Labute approximate surface area is 169 Å².